The van der Waals surface area contributed by atoms with E-state index in [-0.39, 0.29) is 37.5 Å². The topological polar surface area (TPSA) is 78.9 Å². The van der Waals surface area contributed by atoms with Gasteiger partial charge in [-0.05, 0) is 96.3 Å². The van der Waals surface area contributed by atoms with Crippen LogP contribution in [0.3, 0.4) is 0 Å². The molecular weight excluding hydrogens is 721 g/mol. The van der Waals surface area contributed by atoms with Crippen LogP contribution >= 0.6 is 0 Å². The van der Waals surface area contributed by atoms with E-state index >= 15 is 0 Å². The van der Waals surface area contributed by atoms with E-state index in [9.17, 15) is 14.4 Å². The van der Waals surface area contributed by atoms with Crippen molar-refractivity contribution in [1.82, 2.24) is 0 Å². The van der Waals surface area contributed by atoms with E-state index in [2.05, 4.69) is 93.7 Å². The maximum Gasteiger partial charge on any atom is 0.306 e. The minimum absolute atomic E-state index is 0.0971. The molecule has 0 spiro atoms. The first-order valence-electron chi connectivity index (χ1n) is 23.9. The van der Waals surface area contributed by atoms with Gasteiger partial charge in [-0.1, -0.05) is 177 Å². The van der Waals surface area contributed by atoms with Crippen molar-refractivity contribution in [3.8, 4) is 0 Å². The van der Waals surface area contributed by atoms with Crippen molar-refractivity contribution in [3.63, 3.8) is 0 Å². The molecule has 0 rings (SSSR count). The predicted molar refractivity (Wildman–Crippen MR) is 247 cm³/mol. The number of carbonyl (C=O) groups excluding carboxylic acids is 3. The number of allylic oxidation sites excluding steroid dienone is 12. The Morgan fingerprint density at radius 3 is 1.14 bits per heavy atom. The third-order valence-electron chi connectivity index (χ3n) is 9.93. The molecule has 0 fully saturated rings. The molecule has 58 heavy (non-hydrogen) atoms. The number of ether oxygens (including phenoxy) is 3. The summed E-state index contributed by atoms with van der Waals surface area (Å²) >= 11 is 0. The van der Waals surface area contributed by atoms with Gasteiger partial charge < -0.3 is 14.2 Å². The number of unbranched alkanes of at least 4 members (excludes halogenated alkanes) is 19. The van der Waals surface area contributed by atoms with Crippen molar-refractivity contribution in [2.75, 3.05) is 13.2 Å². The van der Waals surface area contributed by atoms with Crippen molar-refractivity contribution >= 4 is 17.9 Å². The van der Waals surface area contributed by atoms with E-state index in [1.54, 1.807) is 0 Å². The first kappa shape index (κ1) is 54.9. The molecule has 0 bridgehead atoms. The van der Waals surface area contributed by atoms with Crippen molar-refractivity contribution in [3.05, 3.63) is 72.9 Å². The second-order valence-corrected chi connectivity index (χ2v) is 15.6. The third kappa shape index (κ3) is 44.0. The largest absolute Gasteiger partial charge is 0.462 e. The Kier molecular flexibility index (Phi) is 44.0. The highest BCUT2D eigenvalue weighted by atomic mass is 16.6. The molecule has 0 N–H and O–H groups in total. The Hall–Kier alpha value is -3.15. The lowest BCUT2D eigenvalue weighted by Gasteiger charge is -2.18. The van der Waals surface area contributed by atoms with Crippen LogP contribution in [0.1, 0.15) is 220 Å². The van der Waals surface area contributed by atoms with Crippen LogP contribution in [0.25, 0.3) is 0 Å². The maximum absolute atomic E-state index is 12.7. The number of hydrogen-bond acceptors (Lipinski definition) is 6. The Morgan fingerprint density at radius 1 is 0.362 bits per heavy atom. The van der Waals surface area contributed by atoms with Gasteiger partial charge in [-0.15, -0.1) is 0 Å². The van der Waals surface area contributed by atoms with Crippen molar-refractivity contribution < 1.29 is 28.6 Å². The fourth-order valence-electron chi connectivity index (χ4n) is 6.38. The smallest absolute Gasteiger partial charge is 0.306 e. The van der Waals surface area contributed by atoms with Crippen LogP contribution in [0.15, 0.2) is 72.9 Å². The zero-order valence-electron chi connectivity index (χ0n) is 37.8. The quantitative estimate of drug-likeness (QED) is 0.0264. The molecule has 0 aromatic heterocycles. The van der Waals surface area contributed by atoms with Gasteiger partial charge in [-0.3, -0.25) is 14.4 Å². The highest BCUT2D eigenvalue weighted by molar-refractivity contribution is 5.71. The minimum Gasteiger partial charge on any atom is -0.462 e. The van der Waals surface area contributed by atoms with Gasteiger partial charge in [0, 0.05) is 19.3 Å². The molecule has 332 valence electrons. The van der Waals surface area contributed by atoms with Gasteiger partial charge in [0.2, 0.25) is 0 Å². The molecule has 0 radical (unpaired) electrons. The van der Waals surface area contributed by atoms with Crippen LogP contribution in [0.5, 0.6) is 0 Å². The summed E-state index contributed by atoms with van der Waals surface area (Å²) in [6.45, 7) is 6.33. The third-order valence-corrected chi connectivity index (χ3v) is 9.93. The van der Waals surface area contributed by atoms with Crippen LogP contribution in [0.4, 0.5) is 0 Å². The second kappa shape index (κ2) is 46.5. The van der Waals surface area contributed by atoms with Gasteiger partial charge in [-0.25, -0.2) is 0 Å². The zero-order valence-corrected chi connectivity index (χ0v) is 37.8. The Labute approximate surface area is 357 Å². The predicted octanol–water partition coefficient (Wildman–Crippen LogP) is 15.5. The summed E-state index contributed by atoms with van der Waals surface area (Å²) in [4.78, 5) is 37.8. The maximum atomic E-state index is 12.7. The first-order chi connectivity index (χ1) is 28.5. The van der Waals surface area contributed by atoms with Crippen LogP contribution in [0, 0.1) is 0 Å². The molecule has 0 aliphatic heterocycles. The van der Waals surface area contributed by atoms with Gasteiger partial charge in [-0.2, -0.15) is 0 Å². The molecule has 1 atom stereocenters. The Balaban J connectivity index is 4.44. The molecule has 6 heteroatoms. The summed E-state index contributed by atoms with van der Waals surface area (Å²) in [5.41, 5.74) is 0. The average molecular weight is 809 g/mol. The summed E-state index contributed by atoms with van der Waals surface area (Å²) in [6, 6.07) is 0. The van der Waals surface area contributed by atoms with Gasteiger partial charge in [0.1, 0.15) is 13.2 Å². The van der Waals surface area contributed by atoms with Crippen LogP contribution < -0.4 is 0 Å². The van der Waals surface area contributed by atoms with Gasteiger partial charge >= 0.3 is 17.9 Å². The van der Waals surface area contributed by atoms with Gasteiger partial charge in [0.05, 0.1) is 0 Å². The summed E-state index contributed by atoms with van der Waals surface area (Å²) in [5, 5.41) is 0. The summed E-state index contributed by atoms with van der Waals surface area (Å²) in [7, 11) is 0. The summed E-state index contributed by atoms with van der Waals surface area (Å²) in [5.74, 6) is -0.970. The molecule has 0 saturated heterocycles. The zero-order chi connectivity index (χ0) is 42.3. The van der Waals surface area contributed by atoms with Gasteiger partial charge in [0.25, 0.3) is 0 Å². The molecule has 6 nitrogen and oxygen atoms in total. The molecule has 0 aliphatic rings. The first-order valence-corrected chi connectivity index (χ1v) is 23.9. The second-order valence-electron chi connectivity index (χ2n) is 15.6. The average Bonchev–Trinajstić information content (AvgIpc) is 3.22. The van der Waals surface area contributed by atoms with Crippen LogP contribution in [-0.2, 0) is 28.6 Å². The number of esters is 3. The van der Waals surface area contributed by atoms with Crippen LogP contribution in [0.2, 0.25) is 0 Å². The molecular formula is C52H88O6. The SMILES string of the molecule is CC/C=C\C/C=C\C/C=C\CCCC(=O)OCC(COC(=O)CCCCCCCCC/C=C\CCCCCC)OC(=O)CCCCCCCCC/C=C\C/C=C\CC. The fourth-order valence-corrected chi connectivity index (χ4v) is 6.38. The van der Waals surface area contributed by atoms with E-state index in [0.29, 0.717) is 19.3 Å². The fraction of sp³-hybridized carbons (Fsp3) is 0.712. The Morgan fingerprint density at radius 2 is 0.690 bits per heavy atom. The number of carbonyl (C=O) groups is 3. The molecule has 0 aromatic carbocycles. The lowest BCUT2D eigenvalue weighted by molar-refractivity contribution is -0.167. The van der Waals surface area contributed by atoms with Crippen molar-refractivity contribution in [2.24, 2.45) is 0 Å². The van der Waals surface area contributed by atoms with E-state index in [1.165, 1.54) is 89.9 Å². The highest BCUT2D eigenvalue weighted by Gasteiger charge is 2.19. The number of rotatable bonds is 42. The molecule has 0 saturated carbocycles. The lowest BCUT2D eigenvalue weighted by atomic mass is 10.1. The molecule has 0 aliphatic carbocycles. The van der Waals surface area contributed by atoms with E-state index < -0.39 is 6.10 Å². The minimum atomic E-state index is -0.799. The molecule has 0 amide bonds. The number of hydrogen-bond donors (Lipinski definition) is 0. The lowest BCUT2D eigenvalue weighted by Crippen LogP contribution is -2.30. The van der Waals surface area contributed by atoms with E-state index in [4.69, 9.17) is 14.2 Å². The normalized spacial score (nSPS) is 12.7. The molecule has 1 unspecified atom stereocenters. The van der Waals surface area contributed by atoms with Crippen LogP contribution in [-0.4, -0.2) is 37.2 Å². The summed E-state index contributed by atoms with van der Waals surface area (Å²) < 4.78 is 16.7. The van der Waals surface area contributed by atoms with Gasteiger partial charge in [0.15, 0.2) is 6.10 Å². The molecule has 0 heterocycles. The standard InChI is InChI=1S/C52H88O6/c1-4-7-10-13-16-19-22-24-26-28-30-33-36-39-42-45-51(54)57-48-49(47-56-50(53)44-41-38-35-32-29-21-18-15-12-9-6-3)58-52(55)46-43-40-37-34-31-27-25-23-20-17-14-11-8-5-2/h8-9,11-12,17-22,32,35,49H,4-7,10,13-16,23-31,33-34,36-48H2,1-3H3/b11-8-,12-9-,20-17-,21-18-,22-19-,35-32-. The van der Waals surface area contributed by atoms with E-state index in [1.807, 2.05) is 0 Å². The monoisotopic (exact) mass is 809 g/mol. The Bertz CT molecular complexity index is 1110. The van der Waals surface area contributed by atoms with E-state index in [0.717, 1.165) is 83.5 Å². The summed E-state index contributed by atoms with van der Waals surface area (Å²) in [6.07, 6.45) is 57.5. The highest BCUT2D eigenvalue weighted by Crippen LogP contribution is 2.14. The molecule has 0 aromatic rings. The van der Waals surface area contributed by atoms with Crippen molar-refractivity contribution in [1.29, 1.82) is 0 Å². The van der Waals surface area contributed by atoms with Crippen molar-refractivity contribution in [2.45, 2.75) is 226 Å².